The number of nitro groups is 1. The number of non-ortho nitro benzene ring substituents is 1. The Balaban J connectivity index is 2.57. The smallest absolute Gasteiger partial charge is 0.273 e. The summed E-state index contributed by atoms with van der Waals surface area (Å²) in [5.74, 6) is 0.686. The van der Waals surface area contributed by atoms with Crippen LogP contribution < -0.4 is 0 Å². The molecule has 0 amide bonds. The predicted octanol–water partition coefficient (Wildman–Crippen LogP) is 4.13. The molecule has 6 heteroatoms. The molecule has 0 bridgehead atoms. The molecule has 0 aliphatic heterocycles. The van der Waals surface area contributed by atoms with Crippen LogP contribution in [0, 0.1) is 10.1 Å². The van der Waals surface area contributed by atoms with E-state index in [0.717, 1.165) is 5.39 Å². The Morgan fingerprint density at radius 2 is 2.07 bits per heavy atom. The third-order valence-electron chi connectivity index (χ3n) is 1.95. The van der Waals surface area contributed by atoms with Crippen LogP contribution in [0.5, 0.6) is 0 Å². The zero-order chi connectivity index (χ0) is 11.0. The van der Waals surface area contributed by atoms with Crippen LogP contribution in [0.2, 0.25) is 0 Å². The van der Waals surface area contributed by atoms with E-state index < -0.39 is 4.92 Å². The van der Waals surface area contributed by atoms with E-state index in [1.807, 2.05) is 6.07 Å². The van der Waals surface area contributed by atoms with E-state index in [1.165, 1.54) is 12.1 Å². The normalized spacial score (nSPS) is 11.1. The molecule has 1 aromatic heterocycles. The summed E-state index contributed by atoms with van der Waals surface area (Å²) < 4.78 is 5.34. The molecule has 78 valence electrons. The van der Waals surface area contributed by atoms with Gasteiger partial charge in [0, 0.05) is 11.5 Å². The van der Waals surface area contributed by atoms with Crippen molar-refractivity contribution in [2.45, 2.75) is 3.74 Å². The quantitative estimate of drug-likeness (QED) is 0.471. The van der Waals surface area contributed by atoms with Crippen LogP contribution in [-0.4, -0.2) is 4.92 Å². The molecule has 1 heterocycles. The zero-order valence-electron chi connectivity index (χ0n) is 7.31. The van der Waals surface area contributed by atoms with Gasteiger partial charge >= 0.3 is 0 Å². The van der Waals surface area contributed by atoms with Gasteiger partial charge in [-0.2, -0.15) is 0 Å². The van der Waals surface area contributed by atoms with Crippen molar-refractivity contribution in [2.75, 3.05) is 0 Å². The fourth-order valence-corrected chi connectivity index (χ4v) is 1.71. The molecule has 0 N–H and O–H groups in total. The first-order valence-electron chi connectivity index (χ1n) is 4.04. The van der Waals surface area contributed by atoms with Crippen molar-refractivity contribution in [3.05, 3.63) is 40.1 Å². The Bertz CT molecular complexity index is 521. The number of fused-ring (bicyclic) bond motifs is 1. The first-order valence-corrected chi connectivity index (χ1v) is 5.87. The van der Waals surface area contributed by atoms with Crippen molar-refractivity contribution in [2.24, 2.45) is 0 Å². The van der Waals surface area contributed by atoms with Gasteiger partial charge in [0.25, 0.3) is 5.69 Å². The Kier molecular flexibility index (Phi) is 2.79. The van der Waals surface area contributed by atoms with Crippen LogP contribution >= 0.6 is 31.9 Å². The average molecular weight is 335 g/mol. The molecule has 0 aliphatic rings. The van der Waals surface area contributed by atoms with Gasteiger partial charge in [-0.3, -0.25) is 10.1 Å². The molecule has 0 unspecified atom stereocenters. The first kappa shape index (κ1) is 10.6. The summed E-state index contributed by atoms with van der Waals surface area (Å²) >= 11 is 6.59. The minimum Gasteiger partial charge on any atom is -0.459 e. The number of benzene rings is 1. The van der Waals surface area contributed by atoms with Crippen LogP contribution in [-0.2, 0) is 0 Å². The van der Waals surface area contributed by atoms with E-state index in [2.05, 4.69) is 31.9 Å². The second-order valence-corrected chi connectivity index (χ2v) is 5.99. The third-order valence-corrected chi connectivity index (χ3v) is 2.85. The summed E-state index contributed by atoms with van der Waals surface area (Å²) in [4.78, 5) is 10.1. The van der Waals surface area contributed by atoms with Gasteiger partial charge in [-0.15, -0.1) is 0 Å². The summed E-state index contributed by atoms with van der Waals surface area (Å²) in [6, 6.07) is 6.37. The number of furan rings is 1. The number of alkyl halides is 2. The number of rotatable bonds is 2. The molecule has 0 fully saturated rings. The first-order chi connectivity index (χ1) is 7.08. The number of nitrogens with zero attached hydrogens (tertiary/aromatic N) is 1. The highest BCUT2D eigenvalue weighted by molar-refractivity contribution is 9.24. The Morgan fingerprint density at radius 3 is 2.67 bits per heavy atom. The largest absolute Gasteiger partial charge is 0.459 e. The van der Waals surface area contributed by atoms with Crippen LogP contribution in [0.4, 0.5) is 5.69 Å². The zero-order valence-corrected chi connectivity index (χ0v) is 10.5. The predicted molar refractivity (Wildman–Crippen MR) is 63.5 cm³/mol. The van der Waals surface area contributed by atoms with Gasteiger partial charge in [0.15, 0.2) is 0 Å². The molecule has 0 spiro atoms. The summed E-state index contributed by atoms with van der Waals surface area (Å²) in [6.45, 7) is 0. The number of hydrogen-bond acceptors (Lipinski definition) is 3. The molecule has 0 radical (unpaired) electrons. The molecule has 0 aliphatic carbocycles. The van der Waals surface area contributed by atoms with Gasteiger partial charge in [-0.25, -0.2) is 0 Å². The van der Waals surface area contributed by atoms with Crippen molar-refractivity contribution < 1.29 is 9.34 Å². The summed E-state index contributed by atoms with van der Waals surface area (Å²) in [5.41, 5.74) is 0.548. The minimum absolute atomic E-state index is 0.0316. The molecule has 1 aromatic carbocycles. The molecular formula is C9H5Br2NO3. The van der Waals surface area contributed by atoms with Crippen molar-refractivity contribution in [1.82, 2.24) is 0 Å². The Morgan fingerprint density at radius 1 is 1.33 bits per heavy atom. The highest BCUT2D eigenvalue weighted by atomic mass is 79.9. The van der Waals surface area contributed by atoms with E-state index in [9.17, 15) is 10.1 Å². The maximum Gasteiger partial charge on any atom is 0.273 e. The lowest BCUT2D eigenvalue weighted by atomic mass is 10.2. The number of halogens is 2. The van der Waals surface area contributed by atoms with Crippen LogP contribution in [0.15, 0.2) is 28.7 Å². The molecule has 0 saturated carbocycles. The van der Waals surface area contributed by atoms with Crippen molar-refractivity contribution in [1.29, 1.82) is 0 Å². The topological polar surface area (TPSA) is 56.3 Å². The fourth-order valence-electron chi connectivity index (χ4n) is 1.26. The van der Waals surface area contributed by atoms with E-state index in [0.29, 0.717) is 11.3 Å². The van der Waals surface area contributed by atoms with Crippen LogP contribution in [0.25, 0.3) is 11.0 Å². The summed E-state index contributed by atoms with van der Waals surface area (Å²) in [7, 11) is 0. The summed E-state index contributed by atoms with van der Waals surface area (Å²) in [6.07, 6.45) is 0. The van der Waals surface area contributed by atoms with E-state index in [-0.39, 0.29) is 9.42 Å². The van der Waals surface area contributed by atoms with Gasteiger partial charge in [0.1, 0.15) is 15.1 Å². The van der Waals surface area contributed by atoms with Crippen LogP contribution in [0.3, 0.4) is 0 Å². The highest BCUT2D eigenvalue weighted by Crippen LogP contribution is 2.34. The third kappa shape index (κ3) is 2.05. The minimum atomic E-state index is -0.443. The molecule has 0 atom stereocenters. The monoisotopic (exact) mass is 333 g/mol. The molecule has 2 rings (SSSR count). The van der Waals surface area contributed by atoms with Crippen molar-refractivity contribution in [3.8, 4) is 0 Å². The maximum absolute atomic E-state index is 10.5. The van der Waals surface area contributed by atoms with E-state index in [1.54, 1.807) is 6.07 Å². The molecule has 2 aromatic rings. The van der Waals surface area contributed by atoms with Gasteiger partial charge in [-0.1, -0.05) is 31.9 Å². The molecular weight excluding hydrogens is 330 g/mol. The highest BCUT2D eigenvalue weighted by Gasteiger charge is 2.13. The van der Waals surface area contributed by atoms with Crippen molar-refractivity contribution in [3.63, 3.8) is 0 Å². The lowest BCUT2D eigenvalue weighted by molar-refractivity contribution is -0.384. The SMILES string of the molecule is O=[N+]([O-])c1ccc2cc(C(Br)Br)oc2c1. The van der Waals surface area contributed by atoms with E-state index in [4.69, 9.17) is 4.42 Å². The van der Waals surface area contributed by atoms with Gasteiger partial charge in [0.05, 0.1) is 11.0 Å². The molecule has 15 heavy (non-hydrogen) atoms. The average Bonchev–Trinajstić information content (AvgIpc) is 2.59. The standard InChI is InChI=1S/C9H5Br2NO3/c10-9(11)8-3-5-1-2-6(12(13)14)4-7(5)15-8/h1-4,9H. The van der Waals surface area contributed by atoms with Crippen molar-refractivity contribution >= 4 is 48.5 Å². The lowest BCUT2D eigenvalue weighted by Crippen LogP contribution is -1.85. The fraction of sp³-hybridized carbons (Fsp3) is 0.111. The second kappa shape index (κ2) is 3.94. The molecule has 4 nitrogen and oxygen atoms in total. The maximum atomic E-state index is 10.5. The molecule has 0 saturated heterocycles. The number of hydrogen-bond donors (Lipinski definition) is 0. The second-order valence-electron chi connectivity index (χ2n) is 2.93. The lowest BCUT2D eigenvalue weighted by Gasteiger charge is -1.92. The van der Waals surface area contributed by atoms with E-state index >= 15 is 0 Å². The van der Waals surface area contributed by atoms with Gasteiger partial charge in [-0.05, 0) is 12.1 Å². The Labute approximate surface area is 102 Å². The number of nitro benzene ring substituents is 1. The van der Waals surface area contributed by atoms with Gasteiger partial charge in [0.2, 0.25) is 0 Å². The van der Waals surface area contributed by atoms with Crippen LogP contribution in [0.1, 0.15) is 9.50 Å². The Hall–Kier alpha value is -0.880. The van der Waals surface area contributed by atoms with Gasteiger partial charge < -0.3 is 4.42 Å². The summed E-state index contributed by atoms with van der Waals surface area (Å²) in [5, 5.41) is 11.4.